The van der Waals surface area contributed by atoms with E-state index in [1.807, 2.05) is 71.0 Å². The van der Waals surface area contributed by atoms with Gasteiger partial charge in [0.2, 0.25) is 0 Å². The minimum atomic E-state index is -0.708. The molecule has 2 atom stereocenters. The van der Waals surface area contributed by atoms with Crippen LogP contribution >= 0.6 is 0 Å². The summed E-state index contributed by atoms with van der Waals surface area (Å²) in [5.74, 6) is 0.508. The lowest BCUT2D eigenvalue weighted by Gasteiger charge is -2.43. The molecule has 30 heavy (non-hydrogen) atoms. The molecule has 0 fully saturated rings. The van der Waals surface area contributed by atoms with E-state index >= 15 is 0 Å². The summed E-state index contributed by atoms with van der Waals surface area (Å²) in [7, 11) is 1.64. The van der Waals surface area contributed by atoms with Crippen molar-refractivity contribution in [2.45, 2.75) is 65.4 Å². The zero-order chi connectivity index (χ0) is 21.9. The molecule has 0 aliphatic carbocycles. The van der Waals surface area contributed by atoms with Crippen LogP contribution in [-0.2, 0) is 20.8 Å². The van der Waals surface area contributed by atoms with Gasteiger partial charge in [-0.1, -0.05) is 51.1 Å². The van der Waals surface area contributed by atoms with Crippen molar-refractivity contribution < 1.29 is 19.0 Å². The van der Waals surface area contributed by atoms with E-state index in [9.17, 15) is 4.79 Å². The number of benzene rings is 2. The maximum absolute atomic E-state index is 12.6. The van der Waals surface area contributed by atoms with E-state index in [0.29, 0.717) is 13.0 Å². The number of carbonyl (C=O) groups excluding carboxylic acids is 1. The highest BCUT2D eigenvalue weighted by atomic mass is 16.6. The predicted molar refractivity (Wildman–Crippen MR) is 119 cm³/mol. The van der Waals surface area contributed by atoms with Crippen LogP contribution in [0.1, 0.15) is 58.3 Å². The van der Waals surface area contributed by atoms with Crippen molar-refractivity contribution in [2.75, 3.05) is 12.4 Å². The number of anilines is 1. The molecule has 5 nitrogen and oxygen atoms in total. The average molecular weight is 412 g/mol. The topological polar surface area (TPSA) is 56.8 Å². The molecular weight excluding hydrogens is 378 g/mol. The van der Waals surface area contributed by atoms with Gasteiger partial charge in [-0.2, -0.15) is 0 Å². The minimum absolute atomic E-state index is 0.147. The van der Waals surface area contributed by atoms with Gasteiger partial charge >= 0.3 is 5.97 Å². The minimum Gasteiger partial charge on any atom is -0.483 e. The molecule has 2 unspecified atom stereocenters. The van der Waals surface area contributed by atoms with Crippen molar-refractivity contribution in [2.24, 2.45) is 5.41 Å². The lowest BCUT2D eigenvalue weighted by atomic mass is 9.87. The van der Waals surface area contributed by atoms with Gasteiger partial charge in [-0.05, 0) is 43.0 Å². The number of hydrogen-bond acceptors (Lipinski definition) is 5. The van der Waals surface area contributed by atoms with Crippen LogP contribution < -0.4 is 10.1 Å². The summed E-state index contributed by atoms with van der Waals surface area (Å²) >= 11 is 0. The Morgan fingerprint density at radius 3 is 2.47 bits per heavy atom. The molecule has 2 aromatic carbocycles. The third kappa shape index (κ3) is 5.33. The van der Waals surface area contributed by atoms with Gasteiger partial charge in [0.05, 0.1) is 6.42 Å². The smallest absolute Gasteiger partial charge is 0.306 e. The maximum Gasteiger partial charge on any atom is 0.306 e. The molecule has 1 N–H and O–H groups in total. The molecule has 0 amide bonds. The monoisotopic (exact) mass is 411 g/mol. The first-order valence-electron chi connectivity index (χ1n) is 10.4. The van der Waals surface area contributed by atoms with Crippen LogP contribution in [0.25, 0.3) is 0 Å². The number of nitrogens with one attached hydrogen (secondary N) is 1. The average Bonchev–Trinajstić information content (AvgIpc) is 2.66. The maximum atomic E-state index is 12.6. The van der Waals surface area contributed by atoms with Crippen molar-refractivity contribution in [3.8, 4) is 5.75 Å². The Kier molecular flexibility index (Phi) is 6.41. The van der Waals surface area contributed by atoms with E-state index in [-0.39, 0.29) is 11.4 Å². The standard InChI is InChI=1S/C25H33NO4/c1-24(2,3)15-21(27)29-23-22(28-6)19-14-18(12-13-20(19)30-25(23,4)5)26-16-17-10-8-7-9-11-17/h7-14,22-23,26H,15-16H2,1-6H3. The van der Waals surface area contributed by atoms with Crippen LogP contribution in [0, 0.1) is 5.41 Å². The van der Waals surface area contributed by atoms with Gasteiger partial charge in [0.1, 0.15) is 17.5 Å². The largest absolute Gasteiger partial charge is 0.483 e. The van der Waals surface area contributed by atoms with Gasteiger partial charge in [0.25, 0.3) is 0 Å². The SMILES string of the molecule is COC1c2cc(NCc3ccccc3)ccc2OC(C)(C)C1OC(=O)CC(C)(C)C. The highest BCUT2D eigenvalue weighted by molar-refractivity contribution is 5.70. The number of carbonyl (C=O) groups is 1. The molecule has 1 heterocycles. The number of esters is 1. The molecule has 162 valence electrons. The first kappa shape index (κ1) is 22.2. The molecule has 1 aliphatic heterocycles. The van der Waals surface area contributed by atoms with E-state index in [1.54, 1.807) is 7.11 Å². The summed E-state index contributed by atoms with van der Waals surface area (Å²) in [5, 5.41) is 3.44. The number of fused-ring (bicyclic) bond motifs is 1. The number of methoxy groups -OCH3 is 1. The Balaban J connectivity index is 1.82. The van der Waals surface area contributed by atoms with Crippen molar-refractivity contribution in [1.82, 2.24) is 0 Å². The first-order valence-corrected chi connectivity index (χ1v) is 10.4. The van der Waals surface area contributed by atoms with E-state index < -0.39 is 17.8 Å². The molecule has 0 bridgehead atoms. The lowest BCUT2D eigenvalue weighted by Crippen LogP contribution is -2.51. The van der Waals surface area contributed by atoms with E-state index in [2.05, 4.69) is 17.4 Å². The molecule has 0 spiro atoms. The molecule has 1 aliphatic rings. The van der Waals surface area contributed by atoms with Crippen LogP contribution in [0.4, 0.5) is 5.69 Å². The van der Waals surface area contributed by atoms with Crippen molar-refractivity contribution in [3.05, 3.63) is 59.7 Å². The number of hydrogen-bond donors (Lipinski definition) is 1. The second kappa shape index (κ2) is 8.68. The fraction of sp³-hybridized carbons (Fsp3) is 0.480. The van der Waals surface area contributed by atoms with E-state index in [0.717, 1.165) is 17.0 Å². The normalized spacial score (nSPS) is 20.1. The lowest BCUT2D eigenvalue weighted by molar-refractivity contribution is -0.182. The molecular formula is C25H33NO4. The van der Waals surface area contributed by atoms with Gasteiger partial charge in [-0.15, -0.1) is 0 Å². The van der Waals surface area contributed by atoms with Crippen LogP contribution in [0.15, 0.2) is 48.5 Å². The third-order valence-corrected chi connectivity index (χ3v) is 5.18. The predicted octanol–water partition coefficient (Wildman–Crippen LogP) is 5.51. The van der Waals surface area contributed by atoms with Gasteiger partial charge in [0.15, 0.2) is 6.10 Å². The van der Waals surface area contributed by atoms with Crippen LogP contribution in [-0.4, -0.2) is 24.8 Å². The first-order chi connectivity index (χ1) is 14.1. The van der Waals surface area contributed by atoms with Gasteiger partial charge in [0, 0.05) is 24.9 Å². The highest BCUT2D eigenvalue weighted by Crippen LogP contribution is 2.44. The number of rotatable bonds is 6. The van der Waals surface area contributed by atoms with Gasteiger partial charge in [-0.25, -0.2) is 0 Å². The molecule has 2 aromatic rings. The molecule has 5 heteroatoms. The van der Waals surface area contributed by atoms with Crippen LogP contribution in [0.2, 0.25) is 0 Å². The Morgan fingerprint density at radius 1 is 1.13 bits per heavy atom. The molecule has 0 saturated carbocycles. The van der Waals surface area contributed by atoms with Gasteiger partial charge < -0.3 is 19.5 Å². The van der Waals surface area contributed by atoms with Crippen molar-refractivity contribution >= 4 is 11.7 Å². The fourth-order valence-corrected chi connectivity index (χ4v) is 3.71. The van der Waals surface area contributed by atoms with Gasteiger partial charge in [-0.3, -0.25) is 4.79 Å². The Labute approximate surface area is 179 Å². The summed E-state index contributed by atoms with van der Waals surface area (Å²) in [6.45, 7) is 10.6. The van der Waals surface area contributed by atoms with E-state index in [1.165, 1.54) is 5.56 Å². The third-order valence-electron chi connectivity index (χ3n) is 5.18. The van der Waals surface area contributed by atoms with E-state index in [4.69, 9.17) is 14.2 Å². The summed E-state index contributed by atoms with van der Waals surface area (Å²) < 4.78 is 18.0. The van der Waals surface area contributed by atoms with Crippen molar-refractivity contribution in [1.29, 1.82) is 0 Å². The molecule has 0 radical (unpaired) electrons. The number of ether oxygens (including phenoxy) is 3. The zero-order valence-corrected chi connectivity index (χ0v) is 18.8. The quantitative estimate of drug-likeness (QED) is 0.636. The highest BCUT2D eigenvalue weighted by Gasteiger charge is 2.47. The van der Waals surface area contributed by atoms with Crippen LogP contribution in [0.5, 0.6) is 5.75 Å². The summed E-state index contributed by atoms with van der Waals surface area (Å²) in [6, 6.07) is 16.2. The second-order valence-corrected chi connectivity index (χ2v) is 9.60. The second-order valence-electron chi connectivity index (χ2n) is 9.60. The molecule has 0 saturated heterocycles. The molecule has 0 aromatic heterocycles. The summed E-state index contributed by atoms with van der Waals surface area (Å²) in [5.41, 5.74) is 2.18. The Morgan fingerprint density at radius 2 is 1.83 bits per heavy atom. The van der Waals surface area contributed by atoms with Crippen molar-refractivity contribution in [3.63, 3.8) is 0 Å². The Hall–Kier alpha value is -2.53. The fourth-order valence-electron chi connectivity index (χ4n) is 3.71. The van der Waals surface area contributed by atoms with Crippen LogP contribution in [0.3, 0.4) is 0 Å². The zero-order valence-electron chi connectivity index (χ0n) is 18.8. The molecule has 3 rings (SSSR count). The Bertz CT molecular complexity index is 870. The summed E-state index contributed by atoms with van der Waals surface area (Å²) in [6.07, 6.45) is -0.623. The summed E-state index contributed by atoms with van der Waals surface area (Å²) in [4.78, 5) is 12.6.